The largest absolute Gasteiger partial charge is 0.368 e. The van der Waals surface area contributed by atoms with E-state index in [2.05, 4.69) is 13.5 Å². The highest BCUT2D eigenvalue weighted by molar-refractivity contribution is 5.77. The van der Waals surface area contributed by atoms with E-state index < -0.39 is 0 Å². The van der Waals surface area contributed by atoms with Crippen molar-refractivity contribution in [3.05, 3.63) is 42.2 Å². The van der Waals surface area contributed by atoms with Gasteiger partial charge in [-0.1, -0.05) is 13.0 Å². The van der Waals surface area contributed by atoms with Crippen LogP contribution in [0.2, 0.25) is 0 Å². The summed E-state index contributed by atoms with van der Waals surface area (Å²) in [7, 11) is 0. The van der Waals surface area contributed by atoms with E-state index in [1.54, 1.807) is 12.1 Å². The molecular formula is C13H16FNO. The van der Waals surface area contributed by atoms with Gasteiger partial charge in [0.2, 0.25) is 0 Å². The van der Waals surface area contributed by atoms with Gasteiger partial charge in [-0.3, -0.25) is 4.79 Å². The van der Waals surface area contributed by atoms with E-state index in [1.807, 2.05) is 4.90 Å². The monoisotopic (exact) mass is 221 g/mol. The van der Waals surface area contributed by atoms with Gasteiger partial charge in [0.1, 0.15) is 12.1 Å². The first-order valence-electron chi connectivity index (χ1n) is 5.33. The predicted molar refractivity (Wildman–Crippen MR) is 64.5 cm³/mol. The van der Waals surface area contributed by atoms with Crippen molar-refractivity contribution in [3.63, 3.8) is 0 Å². The molecule has 0 aromatic heterocycles. The molecule has 0 saturated carbocycles. The van der Waals surface area contributed by atoms with E-state index in [4.69, 9.17) is 0 Å². The number of nitrogens with zero attached hydrogens (tertiary/aromatic N) is 1. The van der Waals surface area contributed by atoms with Crippen molar-refractivity contribution in [2.75, 3.05) is 18.0 Å². The van der Waals surface area contributed by atoms with E-state index in [0.717, 1.165) is 18.7 Å². The number of carbonyl (C=O) groups is 1. The summed E-state index contributed by atoms with van der Waals surface area (Å²) in [5.74, 6) is -0.384. The van der Waals surface area contributed by atoms with E-state index in [-0.39, 0.29) is 5.82 Å². The molecule has 0 aliphatic heterocycles. The first-order valence-corrected chi connectivity index (χ1v) is 5.33. The lowest BCUT2D eigenvalue weighted by atomic mass is 10.2. The van der Waals surface area contributed by atoms with Crippen LogP contribution in [0.1, 0.15) is 23.7 Å². The lowest BCUT2D eigenvalue weighted by Crippen LogP contribution is -2.24. The second-order valence-corrected chi connectivity index (χ2v) is 3.60. The highest BCUT2D eigenvalue weighted by Gasteiger charge is 2.06. The number of rotatable bonds is 6. The molecule has 0 heterocycles. The SMILES string of the molecule is C=CCN(CCC)c1cc(F)cc(C=O)c1. The zero-order valence-corrected chi connectivity index (χ0v) is 9.45. The minimum Gasteiger partial charge on any atom is -0.368 e. The number of aldehydes is 1. The number of anilines is 1. The quantitative estimate of drug-likeness (QED) is 0.543. The van der Waals surface area contributed by atoms with Crippen molar-refractivity contribution >= 4 is 12.0 Å². The van der Waals surface area contributed by atoms with Gasteiger partial charge >= 0.3 is 0 Å². The minimum atomic E-state index is -0.384. The van der Waals surface area contributed by atoms with Gasteiger partial charge in [-0.15, -0.1) is 6.58 Å². The van der Waals surface area contributed by atoms with Gasteiger partial charge in [-0.2, -0.15) is 0 Å². The molecule has 16 heavy (non-hydrogen) atoms. The molecule has 0 saturated heterocycles. The summed E-state index contributed by atoms with van der Waals surface area (Å²) in [6, 6.07) is 4.36. The molecule has 2 nitrogen and oxygen atoms in total. The number of carbonyl (C=O) groups excluding carboxylic acids is 1. The maximum atomic E-state index is 13.2. The third-order valence-corrected chi connectivity index (χ3v) is 2.25. The molecule has 0 N–H and O–H groups in total. The van der Waals surface area contributed by atoms with Crippen LogP contribution in [-0.4, -0.2) is 19.4 Å². The average Bonchev–Trinajstić information content (AvgIpc) is 2.28. The van der Waals surface area contributed by atoms with Crippen LogP contribution in [0.5, 0.6) is 0 Å². The van der Waals surface area contributed by atoms with Gasteiger partial charge in [0.25, 0.3) is 0 Å². The Kier molecular flexibility index (Phi) is 4.70. The third kappa shape index (κ3) is 3.19. The molecule has 0 amide bonds. The maximum Gasteiger partial charge on any atom is 0.150 e. The maximum absolute atomic E-state index is 13.2. The lowest BCUT2D eigenvalue weighted by Gasteiger charge is -2.23. The molecule has 86 valence electrons. The van der Waals surface area contributed by atoms with Crippen LogP contribution < -0.4 is 4.90 Å². The van der Waals surface area contributed by atoms with Crippen LogP contribution in [0.3, 0.4) is 0 Å². The first kappa shape index (κ1) is 12.4. The normalized spacial score (nSPS) is 9.88. The molecule has 0 aliphatic rings. The third-order valence-electron chi connectivity index (χ3n) is 2.25. The Morgan fingerprint density at radius 3 is 2.75 bits per heavy atom. The molecule has 0 fully saturated rings. The lowest BCUT2D eigenvalue weighted by molar-refractivity contribution is 0.112. The van der Waals surface area contributed by atoms with Gasteiger partial charge in [-0.05, 0) is 24.6 Å². The Morgan fingerprint density at radius 2 is 2.19 bits per heavy atom. The fourth-order valence-corrected chi connectivity index (χ4v) is 1.60. The number of benzene rings is 1. The Balaban J connectivity index is 3.02. The number of hydrogen-bond acceptors (Lipinski definition) is 2. The highest BCUT2D eigenvalue weighted by Crippen LogP contribution is 2.18. The summed E-state index contributed by atoms with van der Waals surface area (Å²) >= 11 is 0. The Morgan fingerprint density at radius 1 is 1.44 bits per heavy atom. The molecule has 3 heteroatoms. The standard InChI is InChI=1S/C13H16FNO/c1-3-5-15(6-4-2)13-8-11(10-16)7-12(14)9-13/h3,7-10H,1,4-6H2,2H3. The van der Waals surface area contributed by atoms with E-state index in [1.165, 1.54) is 12.1 Å². The van der Waals surface area contributed by atoms with E-state index in [0.29, 0.717) is 18.4 Å². The summed E-state index contributed by atoms with van der Waals surface area (Å²) in [6.45, 7) is 7.18. The molecule has 0 radical (unpaired) electrons. The fraction of sp³-hybridized carbons (Fsp3) is 0.308. The van der Waals surface area contributed by atoms with Crippen molar-refractivity contribution in [3.8, 4) is 0 Å². The van der Waals surface area contributed by atoms with Crippen molar-refractivity contribution in [1.29, 1.82) is 0 Å². The summed E-state index contributed by atoms with van der Waals surface area (Å²) < 4.78 is 13.2. The van der Waals surface area contributed by atoms with Crippen LogP contribution in [0.15, 0.2) is 30.9 Å². The van der Waals surface area contributed by atoms with Gasteiger partial charge < -0.3 is 4.90 Å². The smallest absolute Gasteiger partial charge is 0.150 e. The first-order chi connectivity index (χ1) is 7.71. The van der Waals surface area contributed by atoms with Crippen molar-refractivity contribution < 1.29 is 9.18 Å². The highest BCUT2D eigenvalue weighted by atomic mass is 19.1. The van der Waals surface area contributed by atoms with Crippen LogP contribution in [0, 0.1) is 5.82 Å². The summed E-state index contributed by atoms with van der Waals surface area (Å²) in [4.78, 5) is 12.6. The second-order valence-electron chi connectivity index (χ2n) is 3.60. The summed E-state index contributed by atoms with van der Waals surface area (Å²) in [5.41, 5.74) is 1.09. The molecular weight excluding hydrogens is 205 g/mol. The van der Waals surface area contributed by atoms with Crippen LogP contribution in [0.25, 0.3) is 0 Å². The zero-order valence-electron chi connectivity index (χ0n) is 9.45. The molecule has 0 bridgehead atoms. The predicted octanol–water partition coefficient (Wildman–Crippen LogP) is 3.04. The Hall–Kier alpha value is -1.64. The Labute approximate surface area is 95.4 Å². The van der Waals surface area contributed by atoms with Gasteiger partial charge in [0.15, 0.2) is 0 Å². The van der Waals surface area contributed by atoms with E-state index in [9.17, 15) is 9.18 Å². The molecule has 0 spiro atoms. The minimum absolute atomic E-state index is 0.361. The van der Waals surface area contributed by atoms with Crippen LogP contribution >= 0.6 is 0 Å². The Bertz CT molecular complexity index is 376. The summed E-state index contributed by atoms with van der Waals surface area (Å²) in [6.07, 6.45) is 3.38. The summed E-state index contributed by atoms with van der Waals surface area (Å²) in [5, 5.41) is 0. The van der Waals surface area contributed by atoms with E-state index >= 15 is 0 Å². The van der Waals surface area contributed by atoms with Crippen molar-refractivity contribution in [1.82, 2.24) is 0 Å². The number of halogens is 1. The number of hydrogen-bond donors (Lipinski definition) is 0. The zero-order chi connectivity index (χ0) is 12.0. The van der Waals surface area contributed by atoms with Crippen molar-refractivity contribution in [2.24, 2.45) is 0 Å². The molecule has 1 aromatic rings. The topological polar surface area (TPSA) is 20.3 Å². The molecule has 0 aliphatic carbocycles. The van der Waals surface area contributed by atoms with Gasteiger partial charge in [-0.25, -0.2) is 4.39 Å². The molecule has 0 atom stereocenters. The van der Waals surface area contributed by atoms with Crippen LogP contribution in [-0.2, 0) is 0 Å². The second kappa shape index (κ2) is 6.05. The molecule has 1 rings (SSSR count). The van der Waals surface area contributed by atoms with Crippen LogP contribution in [0.4, 0.5) is 10.1 Å². The fourth-order valence-electron chi connectivity index (χ4n) is 1.60. The van der Waals surface area contributed by atoms with Gasteiger partial charge in [0, 0.05) is 24.3 Å². The molecule has 0 unspecified atom stereocenters. The van der Waals surface area contributed by atoms with Crippen molar-refractivity contribution in [2.45, 2.75) is 13.3 Å². The van der Waals surface area contributed by atoms with Gasteiger partial charge in [0.05, 0.1) is 0 Å². The molecule has 1 aromatic carbocycles. The average molecular weight is 221 g/mol.